The predicted octanol–water partition coefficient (Wildman–Crippen LogP) is 14.0. The first-order valence-electron chi connectivity index (χ1n) is 21.5. The van der Waals surface area contributed by atoms with Gasteiger partial charge in [0.15, 0.2) is 0 Å². The summed E-state index contributed by atoms with van der Waals surface area (Å²) in [5, 5.41) is 6.38. The van der Waals surface area contributed by atoms with Crippen LogP contribution in [0.15, 0.2) is 132 Å². The van der Waals surface area contributed by atoms with Crippen molar-refractivity contribution in [3.8, 4) is 27.9 Å². The number of rotatable bonds is 1. The molecule has 5 heteroatoms. The Bertz CT molecular complexity index is 3550. The quantitative estimate of drug-likeness (QED) is 0.154. The molecule has 0 saturated heterocycles. The van der Waals surface area contributed by atoms with Crippen molar-refractivity contribution in [2.45, 2.75) is 71.6 Å². The fraction of sp³-hybridized carbons (Fsp3) is 0.200. The van der Waals surface area contributed by atoms with E-state index in [0.717, 1.165) is 16.9 Å². The minimum absolute atomic E-state index is 0.0248. The Morgan fingerprint density at radius 2 is 1.32 bits per heavy atom. The van der Waals surface area contributed by atoms with Crippen LogP contribution in [0.4, 0.5) is 11.4 Å². The maximum Gasteiger partial charge on any atom is 0.375 e. The number of anilines is 2. The minimum atomic E-state index is -0.196. The van der Waals surface area contributed by atoms with Gasteiger partial charge in [-0.05, 0) is 110 Å². The zero-order valence-electron chi connectivity index (χ0n) is 35.4. The fourth-order valence-electron chi connectivity index (χ4n) is 11.2. The minimum Gasteiger partial charge on any atom is -0.466 e. The second kappa shape index (κ2) is 11.2. The van der Waals surface area contributed by atoms with Gasteiger partial charge in [0.25, 0.3) is 0 Å². The molecule has 10 aromatic rings. The molecule has 0 fully saturated rings. The maximum absolute atomic E-state index is 7.37. The van der Waals surface area contributed by atoms with Crippen LogP contribution in [0, 0.1) is 0 Å². The molecular formula is C55H45BN2OS. The van der Waals surface area contributed by atoms with Gasteiger partial charge in [-0.3, -0.25) is 0 Å². The lowest BCUT2D eigenvalue weighted by molar-refractivity contribution is 0.590. The Hall–Kier alpha value is -6.04. The van der Waals surface area contributed by atoms with E-state index in [0.29, 0.717) is 0 Å². The highest BCUT2D eigenvalue weighted by atomic mass is 32.1. The Balaban J connectivity index is 1.21. The molecule has 1 aliphatic carbocycles. The molecule has 3 nitrogen and oxygen atoms in total. The molecule has 3 aliphatic rings. The molecule has 0 bridgehead atoms. The second-order valence-corrected chi connectivity index (χ2v) is 21.2. The van der Waals surface area contributed by atoms with Gasteiger partial charge in [-0.15, -0.1) is 11.3 Å². The number of benzene rings is 7. The van der Waals surface area contributed by atoms with Crippen LogP contribution in [-0.4, -0.2) is 11.4 Å². The summed E-state index contributed by atoms with van der Waals surface area (Å²) in [5.41, 5.74) is 19.8. The summed E-state index contributed by atoms with van der Waals surface area (Å²) in [4.78, 5) is 2.62. The number of hydrogen-bond donors (Lipinski definition) is 0. The highest BCUT2D eigenvalue weighted by Gasteiger charge is 2.48. The summed E-state index contributed by atoms with van der Waals surface area (Å²) < 4.78 is 12.6. The van der Waals surface area contributed by atoms with Gasteiger partial charge in [-0.2, -0.15) is 0 Å². The predicted molar refractivity (Wildman–Crippen MR) is 257 cm³/mol. The second-order valence-electron chi connectivity index (χ2n) is 20.2. The molecule has 0 saturated carbocycles. The lowest BCUT2D eigenvalue weighted by Crippen LogP contribution is -2.60. The summed E-state index contributed by atoms with van der Waals surface area (Å²) >= 11 is 1.90. The van der Waals surface area contributed by atoms with Crippen molar-refractivity contribution in [1.29, 1.82) is 0 Å². The topological polar surface area (TPSA) is 21.3 Å². The number of furan rings is 1. The first kappa shape index (κ1) is 34.8. The van der Waals surface area contributed by atoms with E-state index in [-0.39, 0.29) is 23.1 Å². The zero-order valence-corrected chi connectivity index (χ0v) is 36.2. The molecule has 0 N–H and O–H groups in total. The molecule has 60 heavy (non-hydrogen) atoms. The highest BCUT2D eigenvalue weighted by Crippen LogP contribution is 2.55. The molecule has 13 rings (SSSR count). The van der Waals surface area contributed by atoms with E-state index in [2.05, 4.69) is 192 Å². The van der Waals surface area contributed by atoms with E-state index in [4.69, 9.17) is 4.42 Å². The van der Waals surface area contributed by atoms with Gasteiger partial charge in [0.2, 0.25) is 0 Å². The molecule has 290 valence electrons. The Labute approximate surface area is 355 Å². The van der Waals surface area contributed by atoms with E-state index in [1.807, 2.05) is 11.3 Å². The van der Waals surface area contributed by atoms with Gasteiger partial charge < -0.3 is 13.8 Å². The third-order valence-corrected chi connectivity index (χ3v) is 15.4. The largest absolute Gasteiger partial charge is 0.466 e. The Morgan fingerprint density at radius 1 is 0.567 bits per heavy atom. The van der Waals surface area contributed by atoms with Gasteiger partial charge in [0.1, 0.15) is 11.2 Å². The zero-order chi connectivity index (χ0) is 40.8. The number of hydrogen-bond acceptors (Lipinski definition) is 3. The van der Waals surface area contributed by atoms with Crippen LogP contribution in [0.25, 0.3) is 80.9 Å². The van der Waals surface area contributed by atoms with Crippen LogP contribution >= 0.6 is 11.3 Å². The van der Waals surface area contributed by atoms with Gasteiger partial charge in [0, 0.05) is 58.7 Å². The Morgan fingerprint density at radius 3 is 2.12 bits per heavy atom. The molecule has 0 atom stereocenters. The third-order valence-electron chi connectivity index (χ3n) is 14.3. The van der Waals surface area contributed by atoms with Gasteiger partial charge in [-0.1, -0.05) is 128 Å². The van der Waals surface area contributed by atoms with E-state index >= 15 is 0 Å². The molecule has 5 heterocycles. The molecule has 7 aromatic carbocycles. The van der Waals surface area contributed by atoms with Crippen LogP contribution < -0.4 is 15.9 Å². The average Bonchev–Trinajstić information content (AvgIpc) is 3.95. The lowest BCUT2D eigenvalue weighted by Gasteiger charge is -2.41. The lowest BCUT2D eigenvalue weighted by atomic mass is 9.46. The summed E-state index contributed by atoms with van der Waals surface area (Å²) in [6.07, 6.45) is 0. The first-order valence-corrected chi connectivity index (χ1v) is 22.3. The van der Waals surface area contributed by atoms with Crippen LogP contribution in [0.1, 0.15) is 77.6 Å². The SMILES string of the molecule is CC(C)(C)c1ccc(N2B3c4oc5ccc(C(C)(C)C)cc5c4-n4c5cc6c(cc5c5ccc(c3c54)-c3cc4c(cc32)-c2ccccc2C4(C)C)sc2ccccc26)cc1. The van der Waals surface area contributed by atoms with E-state index in [9.17, 15) is 0 Å². The fourth-order valence-corrected chi connectivity index (χ4v) is 12.3. The van der Waals surface area contributed by atoms with E-state index in [1.165, 1.54) is 109 Å². The summed E-state index contributed by atoms with van der Waals surface area (Å²) in [6, 6.07) is 49.0. The van der Waals surface area contributed by atoms with E-state index in [1.54, 1.807) is 0 Å². The third kappa shape index (κ3) is 4.36. The molecule has 0 spiro atoms. The van der Waals surface area contributed by atoms with Crippen LogP contribution in [0.5, 0.6) is 0 Å². The van der Waals surface area contributed by atoms with Crippen molar-refractivity contribution in [3.05, 3.63) is 150 Å². The van der Waals surface area contributed by atoms with Gasteiger partial charge in [-0.25, -0.2) is 0 Å². The van der Waals surface area contributed by atoms with Crippen molar-refractivity contribution in [2.75, 3.05) is 4.81 Å². The van der Waals surface area contributed by atoms with Crippen LogP contribution in [0.2, 0.25) is 0 Å². The standard InChI is InChI=1S/C55H45BN2OS/c1-53(2,3)30-17-20-32(21-18-30)58-45-27-37-33-13-9-11-15-42(33)55(7,8)43(37)26-38(45)35-22-23-36-39-29-48-40(34-14-10-12-16-47(34)60-48)28-44(39)57-50(36)49(35)56(58)52-51(57)41-25-31(54(4,5)6)19-24-46(41)59-52/h9-29H,1-8H3. The van der Waals surface area contributed by atoms with Crippen molar-refractivity contribution >= 4 is 93.6 Å². The number of thiophene rings is 1. The normalized spacial score (nSPS) is 15.1. The summed E-state index contributed by atoms with van der Waals surface area (Å²) in [7, 11) is 0. The van der Waals surface area contributed by atoms with Gasteiger partial charge >= 0.3 is 6.85 Å². The first-order chi connectivity index (χ1) is 28.8. The summed E-state index contributed by atoms with van der Waals surface area (Å²) in [5.74, 6) is 0. The smallest absolute Gasteiger partial charge is 0.375 e. The molecular weight excluding hydrogens is 747 g/mol. The van der Waals surface area contributed by atoms with Crippen molar-refractivity contribution < 1.29 is 4.42 Å². The molecule has 3 aromatic heterocycles. The average molecular weight is 793 g/mol. The van der Waals surface area contributed by atoms with E-state index < -0.39 is 0 Å². The number of aromatic nitrogens is 1. The Kier molecular flexibility index (Phi) is 6.50. The van der Waals surface area contributed by atoms with Crippen LogP contribution in [-0.2, 0) is 16.2 Å². The van der Waals surface area contributed by atoms with Crippen molar-refractivity contribution in [1.82, 2.24) is 4.57 Å². The van der Waals surface area contributed by atoms with Crippen molar-refractivity contribution in [2.24, 2.45) is 0 Å². The molecule has 0 unspecified atom stereocenters. The van der Waals surface area contributed by atoms with Gasteiger partial charge in [0.05, 0.1) is 16.7 Å². The summed E-state index contributed by atoms with van der Waals surface area (Å²) in [6.45, 7) is 18.4. The molecule has 0 amide bonds. The number of nitrogens with zero attached hydrogens (tertiary/aromatic N) is 2. The maximum atomic E-state index is 7.37. The monoisotopic (exact) mass is 792 g/mol. The molecule has 0 radical (unpaired) electrons. The van der Waals surface area contributed by atoms with Crippen molar-refractivity contribution in [3.63, 3.8) is 0 Å². The van der Waals surface area contributed by atoms with Crippen LogP contribution in [0.3, 0.4) is 0 Å². The highest BCUT2D eigenvalue weighted by molar-refractivity contribution is 7.25. The molecule has 2 aliphatic heterocycles. The number of fused-ring (bicyclic) bond motifs is 16.